The number of hydrogen-bond acceptors (Lipinski definition) is 1. The summed E-state index contributed by atoms with van der Waals surface area (Å²) in [6.07, 6.45) is 0. The molecule has 0 aliphatic carbocycles. The normalized spacial score (nSPS) is 10.5. The second kappa shape index (κ2) is 8.09. The minimum atomic E-state index is 0.337. The van der Waals surface area contributed by atoms with Gasteiger partial charge in [0.1, 0.15) is 5.75 Å². The summed E-state index contributed by atoms with van der Waals surface area (Å²) in [7, 11) is 0. The summed E-state index contributed by atoms with van der Waals surface area (Å²) in [6, 6.07) is 13.6. The fourth-order valence-electron chi connectivity index (χ4n) is 1.83. The van der Waals surface area contributed by atoms with Gasteiger partial charge in [-0.3, -0.25) is 0 Å². The molecule has 21 heavy (non-hydrogen) atoms. The molecule has 2 aromatic rings. The van der Waals surface area contributed by atoms with Crippen molar-refractivity contribution >= 4 is 11.6 Å². The number of aromatic hydroxyl groups is 1. The van der Waals surface area contributed by atoms with Gasteiger partial charge in [0, 0.05) is 5.02 Å². The smallest absolute Gasteiger partial charge is 0.115 e. The molecule has 0 aliphatic rings. The topological polar surface area (TPSA) is 20.2 Å². The van der Waals surface area contributed by atoms with E-state index >= 15 is 0 Å². The fourth-order valence-corrected chi connectivity index (χ4v) is 2.02. The molecule has 0 aliphatic heterocycles. The van der Waals surface area contributed by atoms with Crippen LogP contribution >= 0.6 is 11.6 Å². The van der Waals surface area contributed by atoms with Crippen molar-refractivity contribution in [1.29, 1.82) is 0 Å². The number of hydrogen-bond donors (Lipinski definition) is 1. The average molecular weight is 305 g/mol. The van der Waals surface area contributed by atoms with Crippen molar-refractivity contribution in [3.63, 3.8) is 0 Å². The Morgan fingerprint density at radius 2 is 1.29 bits per heavy atom. The van der Waals surface area contributed by atoms with Crippen LogP contribution in [0, 0.1) is 6.92 Å². The molecule has 0 bridgehead atoms. The van der Waals surface area contributed by atoms with E-state index in [0.717, 1.165) is 10.6 Å². The molecule has 0 fully saturated rings. The Bertz CT molecular complexity index is 556. The van der Waals surface area contributed by atoms with Crippen LogP contribution in [0.3, 0.4) is 0 Å². The van der Waals surface area contributed by atoms with Crippen LogP contribution in [0.1, 0.15) is 56.2 Å². The fraction of sp³-hybridized carbons (Fsp3) is 0.368. The van der Waals surface area contributed by atoms with Crippen molar-refractivity contribution in [1.82, 2.24) is 0 Å². The first-order valence-electron chi connectivity index (χ1n) is 7.36. The summed E-state index contributed by atoms with van der Waals surface area (Å²) < 4.78 is 0. The highest BCUT2D eigenvalue weighted by molar-refractivity contribution is 6.31. The zero-order valence-corrected chi connectivity index (χ0v) is 14.3. The third-order valence-electron chi connectivity index (χ3n) is 3.42. The molecule has 2 aromatic carbocycles. The van der Waals surface area contributed by atoms with E-state index in [-0.39, 0.29) is 0 Å². The van der Waals surface area contributed by atoms with Gasteiger partial charge in [0.05, 0.1) is 0 Å². The van der Waals surface area contributed by atoms with Gasteiger partial charge in [0.25, 0.3) is 0 Å². The molecule has 0 unspecified atom stereocenters. The number of halogens is 1. The number of aryl methyl sites for hydroxylation is 1. The van der Waals surface area contributed by atoms with Crippen molar-refractivity contribution in [2.45, 2.75) is 46.5 Å². The first-order chi connectivity index (χ1) is 9.81. The van der Waals surface area contributed by atoms with Gasteiger partial charge in [0.15, 0.2) is 0 Å². The lowest BCUT2D eigenvalue weighted by Gasteiger charge is -2.06. The van der Waals surface area contributed by atoms with Crippen LogP contribution in [0.15, 0.2) is 42.5 Å². The molecular formula is C19H25ClO. The highest BCUT2D eigenvalue weighted by Gasteiger charge is 2.00. The van der Waals surface area contributed by atoms with Crippen molar-refractivity contribution in [2.75, 3.05) is 0 Å². The van der Waals surface area contributed by atoms with Gasteiger partial charge in [0.2, 0.25) is 0 Å². The van der Waals surface area contributed by atoms with Crippen molar-refractivity contribution < 1.29 is 5.11 Å². The van der Waals surface area contributed by atoms with Crippen LogP contribution < -0.4 is 0 Å². The molecule has 1 N–H and O–H groups in total. The summed E-state index contributed by atoms with van der Waals surface area (Å²) in [6.45, 7) is 10.6. The molecule has 0 spiro atoms. The Kier molecular flexibility index (Phi) is 6.77. The Morgan fingerprint density at radius 1 is 0.810 bits per heavy atom. The molecule has 2 rings (SSSR count). The zero-order valence-electron chi connectivity index (χ0n) is 13.5. The Morgan fingerprint density at radius 3 is 1.71 bits per heavy atom. The van der Waals surface area contributed by atoms with Crippen LogP contribution in [0.5, 0.6) is 5.75 Å². The third-order valence-corrected chi connectivity index (χ3v) is 3.83. The number of phenols is 1. The maximum absolute atomic E-state index is 8.94. The minimum Gasteiger partial charge on any atom is -0.508 e. The van der Waals surface area contributed by atoms with Crippen LogP contribution in [0.4, 0.5) is 0 Å². The van der Waals surface area contributed by atoms with Gasteiger partial charge >= 0.3 is 0 Å². The van der Waals surface area contributed by atoms with Gasteiger partial charge in [-0.15, -0.1) is 0 Å². The van der Waals surface area contributed by atoms with Crippen molar-refractivity contribution in [3.8, 4) is 5.75 Å². The molecule has 0 radical (unpaired) electrons. The molecule has 0 aromatic heterocycles. The Labute approximate surface area is 133 Å². The number of phenolic OH excluding ortho intramolecular Hbond substituents is 1. The molecular weight excluding hydrogens is 280 g/mol. The summed E-state index contributed by atoms with van der Waals surface area (Å²) in [4.78, 5) is 0. The minimum absolute atomic E-state index is 0.337. The summed E-state index contributed by atoms with van der Waals surface area (Å²) in [5, 5.41) is 9.81. The van der Waals surface area contributed by atoms with Crippen LogP contribution in [-0.4, -0.2) is 5.11 Å². The number of benzene rings is 2. The zero-order chi connectivity index (χ0) is 16.0. The van der Waals surface area contributed by atoms with Gasteiger partial charge < -0.3 is 5.11 Å². The molecule has 0 saturated carbocycles. The molecule has 0 amide bonds. The van der Waals surface area contributed by atoms with E-state index in [9.17, 15) is 0 Å². The largest absolute Gasteiger partial charge is 0.508 e. The van der Waals surface area contributed by atoms with E-state index in [0.29, 0.717) is 17.6 Å². The van der Waals surface area contributed by atoms with Gasteiger partial charge in [-0.2, -0.15) is 0 Å². The average Bonchev–Trinajstić information content (AvgIpc) is 2.43. The summed E-state index contributed by atoms with van der Waals surface area (Å²) >= 11 is 5.96. The van der Waals surface area contributed by atoms with Crippen LogP contribution in [0.2, 0.25) is 5.02 Å². The lowest BCUT2D eigenvalue weighted by molar-refractivity contribution is 0.475. The molecule has 0 atom stereocenters. The van der Waals surface area contributed by atoms with Gasteiger partial charge in [-0.1, -0.05) is 63.6 Å². The van der Waals surface area contributed by atoms with E-state index in [4.69, 9.17) is 16.7 Å². The molecule has 114 valence electrons. The van der Waals surface area contributed by atoms with Crippen molar-refractivity contribution in [2.24, 2.45) is 0 Å². The second-order valence-corrected chi connectivity index (χ2v) is 6.32. The molecule has 0 heterocycles. The SMILES string of the molecule is CC(C)c1ccc(O)cc1.Cc1ccc(C(C)C)cc1Cl. The first-order valence-corrected chi connectivity index (χ1v) is 7.74. The molecule has 2 heteroatoms. The first kappa shape index (κ1) is 17.6. The second-order valence-electron chi connectivity index (χ2n) is 5.91. The Hall–Kier alpha value is -1.47. The lowest BCUT2D eigenvalue weighted by Crippen LogP contribution is -1.87. The summed E-state index contributed by atoms with van der Waals surface area (Å²) in [5.41, 5.74) is 3.72. The maximum atomic E-state index is 8.94. The van der Waals surface area contributed by atoms with Gasteiger partial charge in [-0.05, 0) is 53.6 Å². The van der Waals surface area contributed by atoms with Crippen LogP contribution in [-0.2, 0) is 0 Å². The van der Waals surface area contributed by atoms with Crippen LogP contribution in [0.25, 0.3) is 0 Å². The predicted molar refractivity (Wildman–Crippen MR) is 92.5 cm³/mol. The van der Waals surface area contributed by atoms with E-state index < -0.39 is 0 Å². The predicted octanol–water partition coefficient (Wildman–Crippen LogP) is 6.29. The summed E-state index contributed by atoms with van der Waals surface area (Å²) in [5.74, 6) is 1.44. The Balaban J connectivity index is 0.000000211. The monoisotopic (exact) mass is 304 g/mol. The third kappa shape index (κ3) is 5.81. The quantitative estimate of drug-likeness (QED) is 0.691. The van der Waals surface area contributed by atoms with E-state index in [1.165, 1.54) is 11.1 Å². The molecule has 0 saturated heterocycles. The lowest BCUT2D eigenvalue weighted by atomic mass is 10.0. The van der Waals surface area contributed by atoms with E-state index in [2.05, 4.69) is 39.8 Å². The van der Waals surface area contributed by atoms with E-state index in [1.54, 1.807) is 12.1 Å². The molecule has 1 nitrogen and oxygen atoms in total. The van der Waals surface area contributed by atoms with Gasteiger partial charge in [-0.25, -0.2) is 0 Å². The van der Waals surface area contributed by atoms with E-state index in [1.807, 2.05) is 25.1 Å². The van der Waals surface area contributed by atoms with Crippen molar-refractivity contribution in [3.05, 3.63) is 64.2 Å². The standard InChI is InChI=1S/C10H13Cl.C9H12O/c1-7(2)9-5-4-8(3)10(11)6-9;1-7(2)8-3-5-9(10)6-4-8/h4-7H,1-3H3;3-7,10H,1-2H3. The maximum Gasteiger partial charge on any atom is 0.115 e. The highest BCUT2D eigenvalue weighted by Crippen LogP contribution is 2.21. The number of rotatable bonds is 2. The highest BCUT2D eigenvalue weighted by atomic mass is 35.5.